The molecule has 1 aromatic heterocycles. The molecule has 1 nitrogen and oxygen atoms in total. The lowest BCUT2D eigenvalue weighted by molar-refractivity contribution is 0.119. The van der Waals surface area contributed by atoms with Crippen molar-refractivity contribution in [2.45, 2.75) is 20.0 Å². The first-order chi connectivity index (χ1) is 4.75. The number of methoxy groups -OCH3 is 1. The Hall–Kier alpha value is -0.340. The molecule has 1 heterocycles. The van der Waals surface area contributed by atoms with E-state index in [2.05, 4.69) is 24.6 Å². The van der Waals surface area contributed by atoms with Crippen LogP contribution in [0.4, 0.5) is 0 Å². The third-order valence-electron chi connectivity index (χ3n) is 1.69. The fourth-order valence-corrected chi connectivity index (χ4v) is 1.85. The van der Waals surface area contributed by atoms with Crippen molar-refractivity contribution in [3.05, 3.63) is 21.9 Å². The molecule has 10 heavy (non-hydrogen) atoms. The Bertz CT molecular complexity index is 205. The van der Waals surface area contributed by atoms with E-state index >= 15 is 0 Å². The lowest BCUT2D eigenvalue weighted by atomic mass is 10.1. The zero-order valence-electron chi connectivity index (χ0n) is 6.55. The molecular weight excluding hydrogens is 144 g/mol. The van der Waals surface area contributed by atoms with E-state index in [-0.39, 0.29) is 6.10 Å². The van der Waals surface area contributed by atoms with E-state index in [0.717, 1.165) is 0 Å². The second-order valence-corrected chi connectivity index (χ2v) is 3.13. The van der Waals surface area contributed by atoms with Crippen LogP contribution < -0.4 is 0 Å². The average Bonchev–Trinajstić information content (AvgIpc) is 2.34. The highest BCUT2D eigenvalue weighted by Crippen LogP contribution is 2.22. The summed E-state index contributed by atoms with van der Waals surface area (Å²) in [6.45, 7) is 4.18. The number of hydrogen-bond acceptors (Lipinski definition) is 2. The fourth-order valence-electron chi connectivity index (χ4n) is 0.914. The largest absolute Gasteiger partial charge is 0.377 e. The monoisotopic (exact) mass is 156 g/mol. The van der Waals surface area contributed by atoms with Gasteiger partial charge in [0.05, 0.1) is 6.10 Å². The third kappa shape index (κ3) is 1.39. The maximum atomic E-state index is 5.18. The maximum Gasteiger partial charge on any atom is 0.0803 e. The summed E-state index contributed by atoms with van der Waals surface area (Å²) in [6, 6.07) is 0. The molecule has 0 aromatic carbocycles. The van der Waals surface area contributed by atoms with E-state index < -0.39 is 0 Å². The summed E-state index contributed by atoms with van der Waals surface area (Å²) in [5.74, 6) is 0. The maximum absolute atomic E-state index is 5.18. The number of ether oxygens (including phenoxy) is 1. The molecule has 1 atom stereocenters. The molecule has 0 fully saturated rings. The Morgan fingerprint density at radius 3 is 2.60 bits per heavy atom. The Labute approximate surface area is 65.6 Å². The van der Waals surface area contributed by atoms with Crippen molar-refractivity contribution in [2.75, 3.05) is 7.11 Å². The molecule has 2 heteroatoms. The lowest BCUT2D eigenvalue weighted by Crippen LogP contribution is -1.94. The van der Waals surface area contributed by atoms with Gasteiger partial charge in [0.2, 0.25) is 0 Å². The normalized spacial score (nSPS) is 13.5. The first-order valence-electron chi connectivity index (χ1n) is 3.31. The molecule has 1 aromatic rings. The van der Waals surface area contributed by atoms with Crippen LogP contribution in [-0.2, 0) is 4.74 Å². The molecule has 56 valence electrons. The molecule has 0 bridgehead atoms. The summed E-state index contributed by atoms with van der Waals surface area (Å²) < 4.78 is 5.18. The van der Waals surface area contributed by atoms with Crippen molar-refractivity contribution in [3.8, 4) is 0 Å². The predicted molar refractivity (Wildman–Crippen MR) is 44.5 cm³/mol. The van der Waals surface area contributed by atoms with Gasteiger partial charge in [-0.1, -0.05) is 0 Å². The van der Waals surface area contributed by atoms with Crippen LogP contribution in [0, 0.1) is 6.92 Å². The number of thiophene rings is 1. The highest BCUT2D eigenvalue weighted by molar-refractivity contribution is 7.08. The molecule has 0 aliphatic rings. The molecule has 0 spiro atoms. The summed E-state index contributed by atoms with van der Waals surface area (Å²) in [7, 11) is 1.74. The summed E-state index contributed by atoms with van der Waals surface area (Å²) in [4.78, 5) is 0. The van der Waals surface area contributed by atoms with Gasteiger partial charge in [0.15, 0.2) is 0 Å². The van der Waals surface area contributed by atoms with Crippen molar-refractivity contribution < 1.29 is 4.74 Å². The number of hydrogen-bond donors (Lipinski definition) is 0. The first-order valence-corrected chi connectivity index (χ1v) is 4.25. The molecule has 0 aliphatic carbocycles. The minimum Gasteiger partial charge on any atom is -0.377 e. The van der Waals surface area contributed by atoms with Gasteiger partial charge < -0.3 is 4.74 Å². The van der Waals surface area contributed by atoms with Crippen molar-refractivity contribution in [1.82, 2.24) is 0 Å². The van der Waals surface area contributed by atoms with Gasteiger partial charge in [-0.3, -0.25) is 0 Å². The SMILES string of the molecule is CO[C@H](C)c1cscc1C. The van der Waals surface area contributed by atoms with E-state index in [1.54, 1.807) is 18.4 Å². The van der Waals surface area contributed by atoms with Gasteiger partial charge in [-0.2, -0.15) is 11.3 Å². The van der Waals surface area contributed by atoms with Crippen LogP contribution in [0.2, 0.25) is 0 Å². The molecule has 0 amide bonds. The minimum absolute atomic E-state index is 0.242. The van der Waals surface area contributed by atoms with Crippen molar-refractivity contribution in [1.29, 1.82) is 0 Å². The first kappa shape index (κ1) is 7.76. The van der Waals surface area contributed by atoms with E-state index in [4.69, 9.17) is 4.74 Å². The van der Waals surface area contributed by atoms with Crippen LogP contribution in [-0.4, -0.2) is 7.11 Å². The standard InChI is InChI=1S/C8H12OS/c1-6-4-10-5-8(6)7(2)9-3/h4-5,7H,1-3H3/t7-/m1/s1. The second-order valence-electron chi connectivity index (χ2n) is 2.39. The molecule has 0 saturated heterocycles. The summed E-state index contributed by atoms with van der Waals surface area (Å²) in [6.07, 6.45) is 0.242. The smallest absolute Gasteiger partial charge is 0.0803 e. The van der Waals surface area contributed by atoms with Gasteiger partial charge in [-0.25, -0.2) is 0 Å². The molecule has 0 unspecified atom stereocenters. The Morgan fingerprint density at radius 1 is 1.50 bits per heavy atom. The Balaban J connectivity index is 2.82. The predicted octanol–water partition coefficient (Wildman–Crippen LogP) is 2.76. The van der Waals surface area contributed by atoms with Gasteiger partial charge in [-0.15, -0.1) is 0 Å². The van der Waals surface area contributed by atoms with Crippen LogP contribution in [0.15, 0.2) is 10.8 Å². The highest BCUT2D eigenvalue weighted by atomic mass is 32.1. The molecule has 0 saturated carbocycles. The van der Waals surface area contributed by atoms with Crippen LogP contribution >= 0.6 is 11.3 Å². The summed E-state index contributed by atoms with van der Waals surface area (Å²) in [5, 5.41) is 4.29. The summed E-state index contributed by atoms with van der Waals surface area (Å²) in [5.41, 5.74) is 2.65. The Morgan fingerprint density at radius 2 is 2.20 bits per heavy atom. The molecular formula is C8H12OS. The molecule has 0 aliphatic heterocycles. The molecule has 0 radical (unpaired) electrons. The van der Waals surface area contributed by atoms with E-state index in [1.807, 2.05) is 0 Å². The van der Waals surface area contributed by atoms with Gasteiger partial charge in [-0.05, 0) is 35.7 Å². The quantitative estimate of drug-likeness (QED) is 0.639. The molecule has 1 rings (SSSR count). The van der Waals surface area contributed by atoms with Crippen molar-refractivity contribution >= 4 is 11.3 Å². The zero-order valence-corrected chi connectivity index (χ0v) is 7.37. The van der Waals surface area contributed by atoms with Crippen molar-refractivity contribution in [3.63, 3.8) is 0 Å². The van der Waals surface area contributed by atoms with Gasteiger partial charge in [0.1, 0.15) is 0 Å². The van der Waals surface area contributed by atoms with Crippen LogP contribution in [0.3, 0.4) is 0 Å². The van der Waals surface area contributed by atoms with Crippen LogP contribution in [0.1, 0.15) is 24.2 Å². The lowest BCUT2D eigenvalue weighted by Gasteiger charge is -2.07. The minimum atomic E-state index is 0.242. The third-order valence-corrected chi connectivity index (χ3v) is 2.57. The number of aryl methyl sites for hydroxylation is 1. The molecule has 0 N–H and O–H groups in total. The topological polar surface area (TPSA) is 9.23 Å². The van der Waals surface area contributed by atoms with Crippen LogP contribution in [0.5, 0.6) is 0 Å². The Kier molecular flexibility index (Phi) is 2.46. The fraction of sp³-hybridized carbons (Fsp3) is 0.500. The summed E-state index contributed by atoms with van der Waals surface area (Å²) >= 11 is 1.73. The van der Waals surface area contributed by atoms with Crippen molar-refractivity contribution in [2.24, 2.45) is 0 Å². The van der Waals surface area contributed by atoms with E-state index in [0.29, 0.717) is 0 Å². The van der Waals surface area contributed by atoms with Crippen LogP contribution in [0.25, 0.3) is 0 Å². The second kappa shape index (κ2) is 3.17. The van der Waals surface area contributed by atoms with Gasteiger partial charge in [0.25, 0.3) is 0 Å². The van der Waals surface area contributed by atoms with Gasteiger partial charge >= 0.3 is 0 Å². The van der Waals surface area contributed by atoms with Gasteiger partial charge in [0, 0.05) is 7.11 Å². The van der Waals surface area contributed by atoms with E-state index in [1.165, 1.54) is 11.1 Å². The average molecular weight is 156 g/mol. The number of rotatable bonds is 2. The van der Waals surface area contributed by atoms with E-state index in [9.17, 15) is 0 Å². The highest BCUT2D eigenvalue weighted by Gasteiger charge is 2.06. The zero-order chi connectivity index (χ0) is 7.56.